The summed E-state index contributed by atoms with van der Waals surface area (Å²) in [6.07, 6.45) is -0.537. The highest BCUT2D eigenvalue weighted by Gasteiger charge is 2.30. The molecule has 0 fully saturated rings. The lowest BCUT2D eigenvalue weighted by Gasteiger charge is -2.28. The molecule has 250 valence electrons. The second-order valence-electron chi connectivity index (χ2n) is 14.1. The Labute approximate surface area is 273 Å². The highest BCUT2D eigenvalue weighted by Crippen LogP contribution is 2.27. The summed E-state index contributed by atoms with van der Waals surface area (Å²) in [5.41, 5.74) is 0.674. The van der Waals surface area contributed by atoms with Gasteiger partial charge in [-0.2, -0.15) is 0 Å². The Morgan fingerprint density at radius 3 is 1.93 bits per heavy atom. The number of aromatic nitrogens is 1. The maximum atomic E-state index is 13.6. The van der Waals surface area contributed by atoms with Crippen LogP contribution in [0.2, 0.25) is 0 Å². The quantitative estimate of drug-likeness (QED) is 0.239. The third-order valence-corrected chi connectivity index (χ3v) is 8.13. The lowest BCUT2D eigenvalue weighted by molar-refractivity contribution is -0.153. The van der Waals surface area contributed by atoms with Gasteiger partial charge in [0.15, 0.2) is 0 Å². The van der Waals surface area contributed by atoms with E-state index in [-0.39, 0.29) is 22.5 Å². The van der Waals surface area contributed by atoms with Crippen LogP contribution in [0.3, 0.4) is 0 Å². The molecule has 10 nitrogen and oxygen atoms in total. The molecule has 0 aliphatic rings. The largest absolute Gasteiger partial charge is 0.497 e. The van der Waals surface area contributed by atoms with E-state index in [1.54, 1.807) is 71.9 Å². The fourth-order valence-corrected chi connectivity index (χ4v) is 5.65. The minimum Gasteiger partial charge on any atom is -0.497 e. The van der Waals surface area contributed by atoms with E-state index in [1.807, 2.05) is 24.3 Å². The van der Waals surface area contributed by atoms with E-state index < -0.39 is 45.9 Å². The summed E-state index contributed by atoms with van der Waals surface area (Å²) >= 11 is 0. The van der Waals surface area contributed by atoms with Crippen molar-refractivity contribution in [2.24, 2.45) is 0 Å². The van der Waals surface area contributed by atoms with Crippen LogP contribution >= 0.6 is 0 Å². The Morgan fingerprint density at radius 1 is 0.826 bits per heavy atom. The van der Waals surface area contributed by atoms with Gasteiger partial charge in [-0.15, -0.1) is 0 Å². The lowest BCUT2D eigenvalue weighted by Crippen LogP contribution is -2.42. The van der Waals surface area contributed by atoms with Crippen molar-refractivity contribution in [3.8, 4) is 5.75 Å². The van der Waals surface area contributed by atoms with E-state index in [9.17, 15) is 18.0 Å². The van der Waals surface area contributed by atoms with Crippen LogP contribution in [0.1, 0.15) is 85.2 Å². The molecular formula is C35H47N3O7S. The van der Waals surface area contributed by atoms with E-state index in [0.29, 0.717) is 11.4 Å². The number of esters is 1. The molecule has 3 rings (SSSR count). The zero-order valence-electron chi connectivity index (χ0n) is 28.5. The number of sulfonamides is 1. The van der Waals surface area contributed by atoms with Crippen molar-refractivity contribution >= 4 is 27.9 Å². The Kier molecular flexibility index (Phi) is 11.3. The van der Waals surface area contributed by atoms with Crippen LogP contribution < -0.4 is 14.4 Å². The van der Waals surface area contributed by atoms with Gasteiger partial charge in [-0.05, 0) is 101 Å². The molecule has 1 aromatic heterocycles. The molecule has 1 atom stereocenters. The predicted octanol–water partition coefficient (Wildman–Crippen LogP) is 6.73. The molecule has 0 bridgehead atoms. The van der Waals surface area contributed by atoms with Gasteiger partial charge in [-0.3, -0.25) is 9.69 Å². The first-order valence-electron chi connectivity index (χ1n) is 15.1. The van der Waals surface area contributed by atoms with Gasteiger partial charge in [0, 0.05) is 0 Å². The maximum absolute atomic E-state index is 13.6. The third-order valence-electron chi connectivity index (χ3n) is 6.64. The van der Waals surface area contributed by atoms with Crippen LogP contribution in [0, 0.1) is 0 Å². The standard InChI is InChI=1S/C35H47N3O7S/c1-33(2,3)25-16-14-24(15-17-25)22-29(37-46(41,42)27-20-18-26(43-10)19-21-27)28-12-11-13-30(36-28)38(32(40)45-35(7,8)9)23-31(39)44-34(4,5)6/h11-21,29,37H,22-23H2,1-10H3. The molecule has 0 spiro atoms. The van der Waals surface area contributed by atoms with E-state index in [4.69, 9.17) is 19.2 Å². The fraction of sp³-hybridized carbons (Fsp3) is 0.457. The van der Waals surface area contributed by atoms with Crippen molar-refractivity contribution in [2.75, 3.05) is 18.6 Å². The SMILES string of the molecule is COc1ccc(S(=O)(=O)NC(Cc2ccc(C(C)(C)C)cc2)c2cccc(N(CC(=O)OC(C)(C)C)C(=O)OC(C)(C)C)n2)cc1. The number of methoxy groups -OCH3 is 1. The normalized spacial score (nSPS) is 13.1. The zero-order chi connectivity index (χ0) is 34.5. The number of ether oxygens (including phenoxy) is 3. The molecule has 1 N–H and O–H groups in total. The number of nitrogens with zero attached hydrogens (tertiary/aromatic N) is 2. The van der Waals surface area contributed by atoms with Crippen molar-refractivity contribution in [3.63, 3.8) is 0 Å². The summed E-state index contributed by atoms with van der Waals surface area (Å²) < 4.78 is 46.3. The first-order chi connectivity index (χ1) is 21.2. The number of hydrogen-bond acceptors (Lipinski definition) is 8. The van der Waals surface area contributed by atoms with Crippen LogP contribution in [-0.4, -0.2) is 50.3 Å². The number of carbonyl (C=O) groups is 2. The van der Waals surface area contributed by atoms with Gasteiger partial charge in [0.2, 0.25) is 10.0 Å². The maximum Gasteiger partial charge on any atom is 0.416 e. The first-order valence-corrected chi connectivity index (χ1v) is 16.6. The zero-order valence-corrected chi connectivity index (χ0v) is 29.3. The van der Waals surface area contributed by atoms with Gasteiger partial charge in [0.1, 0.15) is 29.3 Å². The van der Waals surface area contributed by atoms with E-state index >= 15 is 0 Å². The first kappa shape index (κ1) is 36.5. The molecule has 0 aliphatic carbocycles. The number of carbonyl (C=O) groups excluding carboxylic acids is 2. The summed E-state index contributed by atoms with van der Waals surface area (Å²) in [5, 5.41) is 0. The summed E-state index contributed by atoms with van der Waals surface area (Å²) in [6, 6.07) is 18.1. The Balaban J connectivity index is 2.06. The lowest BCUT2D eigenvalue weighted by atomic mass is 9.86. The number of pyridine rings is 1. The van der Waals surface area contributed by atoms with Gasteiger partial charge < -0.3 is 14.2 Å². The third kappa shape index (κ3) is 10.8. The summed E-state index contributed by atoms with van der Waals surface area (Å²) in [4.78, 5) is 32.1. The molecule has 11 heteroatoms. The molecule has 0 saturated heterocycles. The minimum absolute atomic E-state index is 0.0525. The molecule has 46 heavy (non-hydrogen) atoms. The Hall–Kier alpha value is -3.96. The average Bonchev–Trinajstić information content (AvgIpc) is 2.93. The van der Waals surface area contributed by atoms with Gasteiger partial charge in [-0.25, -0.2) is 22.9 Å². The highest BCUT2D eigenvalue weighted by atomic mass is 32.2. The molecule has 1 amide bonds. The van der Waals surface area contributed by atoms with Gasteiger partial charge >= 0.3 is 12.1 Å². The van der Waals surface area contributed by atoms with Crippen LogP contribution in [-0.2, 0) is 36.1 Å². The molecular weight excluding hydrogens is 606 g/mol. The molecule has 0 saturated carbocycles. The van der Waals surface area contributed by atoms with Gasteiger partial charge in [0.25, 0.3) is 0 Å². The number of rotatable bonds is 10. The van der Waals surface area contributed by atoms with Crippen molar-refractivity contribution in [3.05, 3.63) is 83.6 Å². The van der Waals surface area contributed by atoms with Crippen molar-refractivity contribution in [1.29, 1.82) is 0 Å². The molecule has 2 aromatic carbocycles. The molecule has 1 unspecified atom stereocenters. The molecule has 1 heterocycles. The smallest absolute Gasteiger partial charge is 0.416 e. The fourth-order valence-electron chi connectivity index (χ4n) is 4.44. The van der Waals surface area contributed by atoms with Gasteiger partial charge in [0.05, 0.1) is 23.7 Å². The second kappa shape index (κ2) is 14.2. The van der Waals surface area contributed by atoms with Crippen molar-refractivity contribution in [2.45, 2.75) is 96.3 Å². The number of nitrogens with one attached hydrogen (secondary N) is 1. The molecule has 0 aliphatic heterocycles. The predicted molar refractivity (Wildman–Crippen MR) is 179 cm³/mol. The second-order valence-corrected chi connectivity index (χ2v) is 15.8. The summed E-state index contributed by atoms with van der Waals surface area (Å²) in [5.74, 6) is -0.0216. The highest BCUT2D eigenvalue weighted by molar-refractivity contribution is 7.89. The number of amides is 1. The van der Waals surface area contributed by atoms with Crippen LogP contribution in [0.5, 0.6) is 5.75 Å². The van der Waals surface area contributed by atoms with Crippen LogP contribution in [0.15, 0.2) is 71.6 Å². The van der Waals surface area contributed by atoms with Gasteiger partial charge in [-0.1, -0.05) is 51.1 Å². The van der Waals surface area contributed by atoms with E-state index in [1.165, 1.54) is 19.2 Å². The average molecular weight is 654 g/mol. The van der Waals surface area contributed by atoms with Crippen LogP contribution in [0.25, 0.3) is 0 Å². The number of anilines is 1. The molecule has 3 aromatic rings. The van der Waals surface area contributed by atoms with E-state index in [2.05, 4.69) is 25.5 Å². The van der Waals surface area contributed by atoms with Crippen molar-refractivity contribution < 1.29 is 32.2 Å². The summed E-state index contributed by atoms with van der Waals surface area (Å²) in [6.45, 7) is 16.3. The monoisotopic (exact) mass is 653 g/mol. The van der Waals surface area contributed by atoms with Crippen LogP contribution in [0.4, 0.5) is 10.6 Å². The van der Waals surface area contributed by atoms with E-state index in [0.717, 1.165) is 16.0 Å². The Bertz CT molecular complexity index is 1600. The number of benzene rings is 2. The summed E-state index contributed by atoms with van der Waals surface area (Å²) in [7, 11) is -2.52. The minimum atomic E-state index is -4.02. The topological polar surface area (TPSA) is 124 Å². The van der Waals surface area contributed by atoms with Crippen molar-refractivity contribution in [1.82, 2.24) is 9.71 Å². The Morgan fingerprint density at radius 2 is 1.41 bits per heavy atom. The number of hydrogen-bond donors (Lipinski definition) is 1. The molecule has 0 radical (unpaired) electrons.